The van der Waals surface area contributed by atoms with Gasteiger partial charge in [0.1, 0.15) is 0 Å². The van der Waals surface area contributed by atoms with Gasteiger partial charge in [-0.25, -0.2) is 0 Å². The molecule has 0 saturated carbocycles. The van der Waals surface area contributed by atoms with Crippen molar-refractivity contribution in [1.29, 1.82) is 0 Å². The first-order valence-electron chi connectivity index (χ1n) is 6.04. The number of aromatic nitrogens is 3. The van der Waals surface area contributed by atoms with E-state index in [9.17, 15) is 4.79 Å². The molecule has 0 aliphatic carbocycles. The van der Waals surface area contributed by atoms with Gasteiger partial charge in [-0.3, -0.25) is 14.9 Å². The van der Waals surface area contributed by atoms with Gasteiger partial charge in [-0.2, -0.15) is 16.4 Å². The van der Waals surface area contributed by atoms with Crippen LogP contribution < -0.4 is 5.32 Å². The van der Waals surface area contributed by atoms with E-state index in [-0.39, 0.29) is 5.91 Å². The van der Waals surface area contributed by atoms with Gasteiger partial charge >= 0.3 is 0 Å². The summed E-state index contributed by atoms with van der Waals surface area (Å²) in [5, 5.41) is 13.5. The number of carbonyl (C=O) groups excluding carboxylic acids is 1. The van der Waals surface area contributed by atoms with Crippen molar-refractivity contribution in [3.8, 4) is 11.3 Å². The fourth-order valence-corrected chi connectivity index (χ4v) is 2.66. The lowest BCUT2D eigenvalue weighted by Crippen LogP contribution is -2.12. The van der Waals surface area contributed by atoms with Gasteiger partial charge in [0.15, 0.2) is 5.82 Å². The lowest BCUT2D eigenvalue weighted by Gasteiger charge is -2.00. The molecule has 0 saturated heterocycles. The molecule has 100 valence electrons. The molecule has 0 unspecified atom stereocenters. The van der Waals surface area contributed by atoms with E-state index >= 15 is 0 Å². The zero-order chi connectivity index (χ0) is 13.9. The van der Waals surface area contributed by atoms with Gasteiger partial charge in [0.2, 0.25) is 0 Å². The number of nitrogens with zero attached hydrogens (tertiary/aromatic N) is 2. The van der Waals surface area contributed by atoms with Crippen LogP contribution in [0.1, 0.15) is 15.9 Å². The zero-order valence-corrected chi connectivity index (χ0v) is 11.6. The van der Waals surface area contributed by atoms with E-state index in [0.717, 1.165) is 16.8 Å². The van der Waals surface area contributed by atoms with Gasteiger partial charge < -0.3 is 5.32 Å². The average molecular weight is 284 g/mol. The maximum absolute atomic E-state index is 12.1. The first-order chi connectivity index (χ1) is 9.74. The highest BCUT2D eigenvalue weighted by Crippen LogP contribution is 2.20. The summed E-state index contributed by atoms with van der Waals surface area (Å²) in [6.07, 6.45) is 3.45. The summed E-state index contributed by atoms with van der Waals surface area (Å²) >= 11 is 1.51. The maximum atomic E-state index is 12.1. The van der Waals surface area contributed by atoms with Crippen LogP contribution in [0.15, 0.2) is 41.4 Å². The lowest BCUT2D eigenvalue weighted by atomic mass is 10.2. The van der Waals surface area contributed by atoms with Gasteiger partial charge in [-0.1, -0.05) is 0 Å². The Labute approximate surface area is 119 Å². The molecule has 6 heteroatoms. The summed E-state index contributed by atoms with van der Waals surface area (Å²) in [4.78, 5) is 16.1. The third kappa shape index (κ3) is 2.46. The van der Waals surface area contributed by atoms with Crippen LogP contribution in [0.25, 0.3) is 11.3 Å². The van der Waals surface area contributed by atoms with Crippen molar-refractivity contribution >= 4 is 23.1 Å². The van der Waals surface area contributed by atoms with Crippen LogP contribution in [-0.2, 0) is 0 Å². The van der Waals surface area contributed by atoms with Gasteiger partial charge in [0.05, 0.1) is 11.3 Å². The van der Waals surface area contributed by atoms with Crippen LogP contribution in [0.3, 0.4) is 0 Å². The highest BCUT2D eigenvalue weighted by atomic mass is 32.1. The summed E-state index contributed by atoms with van der Waals surface area (Å²) in [6, 6.07) is 5.56. The van der Waals surface area contributed by atoms with Gasteiger partial charge in [-0.05, 0) is 30.0 Å². The Morgan fingerprint density at radius 1 is 1.40 bits per heavy atom. The fraction of sp³-hybridized carbons (Fsp3) is 0.0714. The van der Waals surface area contributed by atoms with E-state index in [2.05, 4.69) is 20.5 Å². The van der Waals surface area contributed by atoms with E-state index in [1.54, 1.807) is 18.5 Å². The monoisotopic (exact) mass is 284 g/mol. The molecule has 0 aliphatic heterocycles. The Hall–Kier alpha value is -2.47. The Kier molecular flexibility index (Phi) is 3.30. The molecule has 0 atom stereocenters. The highest BCUT2D eigenvalue weighted by molar-refractivity contribution is 7.08. The van der Waals surface area contributed by atoms with Crippen molar-refractivity contribution in [2.45, 2.75) is 6.92 Å². The molecule has 0 aromatic carbocycles. The number of carbonyl (C=O) groups is 1. The van der Waals surface area contributed by atoms with E-state index in [1.807, 2.05) is 29.8 Å². The number of aromatic amines is 1. The fourth-order valence-electron chi connectivity index (χ4n) is 1.83. The van der Waals surface area contributed by atoms with Crippen molar-refractivity contribution < 1.29 is 4.79 Å². The van der Waals surface area contributed by atoms with Crippen LogP contribution in [-0.4, -0.2) is 21.1 Å². The number of pyridine rings is 1. The van der Waals surface area contributed by atoms with Crippen LogP contribution in [0.2, 0.25) is 0 Å². The number of thiophene rings is 1. The molecule has 0 spiro atoms. The molecule has 3 rings (SSSR count). The number of anilines is 1. The molecule has 0 bridgehead atoms. The second-order valence-corrected chi connectivity index (χ2v) is 5.07. The molecule has 3 aromatic rings. The molecule has 3 heterocycles. The minimum atomic E-state index is -0.145. The number of aryl methyl sites for hydroxylation is 1. The smallest absolute Gasteiger partial charge is 0.257 e. The van der Waals surface area contributed by atoms with Crippen LogP contribution >= 0.6 is 11.3 Å². The topological polar surface area (TPSA) is 70.7 Å². The Balaban J connectivity index is 1.78. The second-order valence-electron chi connectivity index (χ2n) is 4.33. The van der Waals surface area contributed by atoms with E-state index in [4.69, 9.17) is 0 Å². The average Bonchev–Trinajstić information content (AvgIpc) is 3.09. The number of hydrogen-bond acceptors (Lipinski definition) is 4. The molecule has 2 N–H and O–H groups in total. The van der Waals surface area contributed by atoms with E-state index < -0.39 is 0 Å². The normalized spacial score (nSPS) is 10.4. The summed E-state index contributed by atoms with van der Waals surface area (Å²) in [6.45, 7) is 1.91. The van der Waals surface area contributed by atoms with E-state index in [1.165, 1.54) is 11.3 Å². The zero-order valence-electron chi connectivity index (χ0n) is 10.8. The molecular weight excluding hydrogens is 272 g/mol. The second kappa shape index (κ2) is 5.26. The molecule has 3 aromatic heterocycles. The molecule has 0 radical (unpaired) electrons. The molecule has 0 aliphatic rings. The number of hydrogen-bond donors (Lipinski definition) is 2. The van der Waals surface area contributed by atoms with Crippen LogP contribution in [0.4, 0.5) is 5.82 Å². The SMILES string of the molecule is Cc1cscc1C(=O)Nc1cc(-c2cccnc2)[nH]n1. The van der Waals surface area contributed by atoms with Crippen molar-refractivity contribution in [3.05, 3.63) is 52.5 Å². The number of amides is 1. The predicted octanol–water partition coefficient (Wildman–Crippen LogP) is 3.09. The van der Waals surface area contributed by atoms with Crippen LogP contribution in [0.5, 0.6) is 0 Å². The Morgan fingerprint density at radius 3 is 3.00 bits per heavy atom. The van der Waals surface area contributed by atoms with Gasteiger partial charge in [0.25, 0.3) is 5.91 Å². The standard InChI is InChI=1S/C14H12N4OS/c1-9-7-20-8-11(9)14(19)16-13-5-12(17-18-13)10-3-2-4-15-6-10/h2-8H,1H3,(H2,16,17,18,19). The van der Waals surface area contributed by atoms with E-state index in [0.29, 0.717) is 11.4 Å². The quantitative estimate of drug-likeness (QED) is 0.776. The van der Waals surface area contributed by atoms with Gasteiger partial charge in [0, 0.05) is 29.4 Å². The largest absolute Gasteiger partial charge is 0.305 e. The van der Waals surface area contributed by atoms with Gasteiger partial charge in [-0.15, -0.1) is 0 Å². The molecule has 5 nitrogen and oxygen atoms in total. The minimum Gasteiger partial charge on any atom is -0.305 e. The summed E-state index contributed by atoms with van der Waals surface area (Å²) < 4.78 is 0. The number of rotatable bonds is 3. The van der Waals surface area contributed by atoms with Crippen molar-refractivity contribution in [3.63, 3.8) is 0 Å². The maximum Gasteiger partial charge on any atom is 0.257 e. The molecule has 1 amide bonds. The van der Waals surface area contributed by atoms with Crippen molar-refractivity contribution in [2.75, 3.05) is 5.32 Å². The molecule has 20 heavy (non-hydrogen) atoms. The molecule has 0 fully saturated rings. The van der Waals surface area contributed by atoms with Crippen molar-refractivity contribution in [1.82, 2.24) is 15.2 Å². The molecular formula is C14H12N4OS. The summed E-state index contributed by atoms with van der Waals surface area (Å²) in [7, 11) is 0. The predicted molar refractivity (Wildman–Crippen MR) is 78.8 cm³/mol. The first kappa shape index (κ1) is 12.6. The minimum absolute atomic E-state index is 0.145. The lowest BCUT2D eigenvalue weighted by molar-refractivity contribution is 0.102. The third-order valence-corrected chi connectivity index (χ3v) is 3.75. The Morgan fingerprint density at radius 2 is 2.30 bits per heavy atom. The summed E-state index contributed by atoms with van der Waals surface area (Å²) in [5.74, 6) is 0.354. The summed E-state index contributed by atoms with van der Waals surface area (Å²) in [5.41, 5.74) is 3.39. The number of H-pyrrole nitrogens is 1. The van der Waals surface area contributed by atoms with Crippen LogP contribution in [0, 0.1) is 6.92 Å². The first-order valence-corrected chi connectivity index (χ1v) is 6.98. The number of nitrogens with one attached hydrogen (secondary N) is 2. The third-order valence-electron chi connectivity index (χ3n) is 2.89. The van der Waals surface area contributed by atoms with Crippen molar-refractivity contribution in [2.24, 2.45) is 0 Å². The Bertz CT molecular complexity index is 732. The highest BCUT2D eigenvalue weighted by Gasteiger charge is 2.12.